The Bertz CT molecular complexity index is 1450. The second-order valence-corrected chi connectivity index (χ2v) is 15.3. The van der Waals surface area contributed by atoms with E-state index in [1.165, 1.54) is 43.5 Å². The van der Waals surface area contributed by atoms with Gasteiger partial charge < -0.3 is 24.1 Å². The molecule has 0 aromatic heterocycles. The number of ether oxygens (including phenoxy) is 4. The van der Waals surface area contributed by atoms with Gasteiger partial charge in [0.15, 0.2) is 0 Å². The summed E-state index contributed by atoms with van der Waals surface area (Å²) < 4.78 is 22.4. The van der Waals surface area contributed by atoms with Gasteiger partial charge in [0.05, 0.1) is 43.1 Å². The number of carbonyl (C=O) groups excluding carboxylic acids is 4. The zero-order valence-corrected chi connectivity index (χ0v) is 35.9. The highest BCUT2D eigenvalue weighted by Crippen LogP contribution is 2.36. The van der Waals surface area contributed by atoms with Gasteiger partial charge in [-0.1, -0.05) is 162 Å². The van der Waals surface area contributed by atoms with Gasteiger partial charge in [-0.05, 0) is 55.5 Å². The van der Waals surface area contributed by atoms with Crippen LogP contribution in [0, 0.1) is 0 Å². The molecule has 0 spiro atoms. The van der Waals surface area contributed by atoms with E-state index >= 15 is 0 Å². The number of hydrogen-bond donors (Lipinski definition) is 1. The Hall–Kier alpha value is -3.88. The van der Waals surface area contributed by atoms with Gasteiger partial charge in [-0.2, -0.15) is 0 Å². The van der Waals surface area contributed by atoms with Crippen molar-refractivity contribution in [3.63, 3.8) is 0 Å². The summed E-state index contributed by atoms with van der Waals surface area (Å²) in [5.74, 6) is -3.33. The summed E-state index contributed by atoms with van der Waals surface area (Å²) >= 11 is 0. The van der Waals surface area contributed by atoms with Crippen LogP contribution in [0.4, 0.5) is 0 Å². The van der Waals surface area contributed by atoms with Gasteiger partial charge in [0.25, 0.3) is 0 Å². The first-order chi connectivity index (χ1) is 27.8. The average molecular weight is 795 g/mol. The standard InChI is InChI=1S/C48H74O9/c1-5-9-13-17-21-25-33-54-45(50)40-30-29-38(37-42(40)47(52)56-35-27-23-19-15-11-7-3)39-31-32-41(46(51)55-34-26-22-18-14-10-6-2)43(44(39)49)48(53)57-36-28-24-20-16-12-8-4/h29-32,37,49H,5-28,33-36H2,1-4H3. The van der Waals surface area contributed by atoms with Crippen molar-refractivity contribution in [2.24, 2.45) is 0 Å². The van der Waals surface area contributed by atoms with E-state index in [9.17, 15) is 24.3 Å². The van der Waals surface area contributed by atoms with E-state index in [1.807, 2.05) is 0 Å². The van der Waals surface area contributed by atoms with E-state index in [4.69, 9.17) is 18.9 Å². The van der Waals surface area contributed by atoms with Crippen LogP contribution in [0.5, 0.6) is 5.75 Å². The minimum absolute atomic E-state index is 0.000418. The fourth-order valence-corrected chi connectivity index (χ4v) is 6.75. The van der Waals surface area contributed by atoms with Gasteiger partial charge in [-0.25, -0.2) is 19.2 Å². The van der Waals surface area contributed by atoms with E-state index in [0.29, 0.717) is 24.8 Å². The number of esters is 4. The lowest BCUT2D eigenvalue weighted by Gasteiger charge is -2.16. The molecule has 0 bridgehead atoms. The molecule has 0 atom stereocenters. The first-order valence-corrected chi connectivity index (χ1v) is 22.5. The second-order valence-electron chi connectivity index (χ2n) is 15.3. The number of phenols is 1. The molecule has 0 amide bonds. The fraction of sp³-hybridized carbons (Fsp3) is 0.667. The zero-order valence-electron chi connectivity index (χ0n) is 35.9. The third kappa shape index (κ3) is 19.4. The van der Waals surface area contributed by atoms with Gasteiger partial charge in [-0.3, -0.25) is 0 Å². The highest BCUT2D eigenvalue weighted by atomic mass is 16.5. The Morgan fingerprint density at radius 2 is 0.737 bits per heavy atom. The Kier molecular flexibility index (Phi) is 26.9. The van der Waals surface area contributed by atoms with Crippen molar-refractivity contribution < 1.29 is 43.2 Å². The van der Waals surface area contributed by atoms with Crippen LogP contribution in [0.2, 0.25) is 0 Å². The molecule has 0 heterocycles. The summed E-state index contributed by atoms with van der Waals surface area (Å²) in [6.07, 6.45) is 24.5. The third-order valence-electron chi connectivity index (χ3n) is 10.3. The monoisotopic (exact) mass is 795 g/mol. The van der Waals surface area contributed by atoms with E-state index in [0.717, 1.165) is 116 Å². The second kappa shape index (κ2) is 31.2. The summed E-state index contributed by atoms with van der Waals surface area (Å²) in [7, 11) is 0. The summed E-state index contributed by atoms with van der Waals surface area (Å²) in [4.78, 5) is 53.9. The van der Waals surface area contributed by atoms with Crippen molar-refractivity contribution in [2.75, 3.05) is 26.4 Å². The number of phenolic OH excluding ortho intramolecular Hbond substituents is 1. The van der Waals surface area contributed by atoms with Crippen LogP contribution in [0.1, 0.15) is 223 Å². The molecule has 0 aliphatic carbocycles. The normalized spacial score (nSPS) is 11.0. The molecule has 0 saturated carbocycles. The van der Waals surface area contributed by atoms with Crippen LogP contribution >= 0.6 is 0 Å². The molecule has 0 radical (unpaired) electrons. The first-order valence-electron chi connectivity index (χ1n) is 22.5. The molecular formula is C48H74O9. The smallest absolute Gasteiger partial charge is 0.342 e. The molecule has 2 rings (SSSR count). The molecule has 320 valence electrons. The van der Waals surface area contributed by atoms with Crippen molar-refractivity contribution >= 4 is 23.9 Å². The third-order valence-corrected chi connectivity index (χ3v) is 10.3. The van der Waals surface area contributed by atoms with E-state index in [2.05, 4.69) is 27.7 Å². The van der Waals surface area contributed by atoms with Crippen LogP contribution in [-0.4, -0.2) is 55.4 Å². The van der Waals surface area contributed by atoms with E-state index < -0.39 is 29.6 Å². The minimum Gasteiger partial charge on any atom is -0.506 e. The Labute approximate surface area is 344 Å². The Morgan fingerprint density at radius 1 is 0.404 bits per heavy atom. The van der Waals surface area contributed by atoms with Crippen LogP contribution in [0.25, 0.3) is 11.1 Å². The van der Waals surface area contributed by atoms with E-state index in [-0.39, 0.29) is 54.2 Å². The Morgan fingerprint density at radius 3 is 1.16 bits per heavy atom. The molecule has 57 heavy (non-hydrogen) atoms. The summed E-state index contributed by atoms with van der Waals surface area (Å²) in [5, 5.41) is 11.7. The lowest BCUT2D eigenvalue weighted by Crippen LogP contribution is -2.16. The highest BCUT2D eigenvalue weighted by molar-refractivity contribution is 6.08. The maximum Gasteiger partial charge on any atom is 0.342 e. The maximum absolute atomic E-state index is 13.6. The number of carbonyl (C=O) groups is 4. The van der Waals surface area contributed by atoms with Gasteiger partial charge in [0, 0.05) is 5.56 Å². The number of aromatic hydroxyl groups is 1. The van der Waals surface area contributed by atoms with Crippen molar-refractivity contribution in [3.05, 3.63) is 52.6 Å². The van der Waals surface area contributed by atoms with Gasteiger partial charge in [-0.15, -0.1) is 0 Å². The van der Waals surface area contributed by atoms with Crippen molar-refractivity contribution in [3.8, 4) is 16.9 Å². The molecule has 2 aromatic rings. The van der Waals surface area contributed by atoms with Gasteiger partial charge >= 0.3 is 23.9 Å². The largest absolute Gasteiger partial charge is 0.506 e. The Balaban J connectivity index is 2.38. The molecule has 1 N–H and O–H groups in total. The van der Waals surface area contributed by atoms with Crippen LogP contribution < -0.4 is 0 Å². The summed E-state index contributed by atoms with van der Waals surface area (Å²) in [6.45, 7) is 9.42. The minimum atomic E-state index is -0.831. The summed E-state index contributed by atoms with van der Waals surface area (Å²) in [5.41, 5.74) is 0.213. The summed E-state index contributed by atoms with van der Waals surface area (Å²) in [6, 6.07) is 7.50. The average Bonchev–Trinajstić information content (AvgIpc) is 3.21. The molecule has 0 aliphatic heterocycles. The molecule has 2 aromatic carbocycles. The van der Waals surface area contributed by atoms with Crippen LogP contribution in [0.15, 0.2) is 30.3 Å². The maximum atomic E-state index is 13.6. The molecule has 0 fully saturated rings. The van der Waals surface area contributed by atoms with E-state index in [1.54, 1.807) is 6.07 Å². The number of rotatable bonds is 33. The van der Waals surface area contributed by atoms with Crippen LogP contribution in [-0.2, 0) is 18.9 Å². The quantitative estimate of drug-likeness (QED) is 0.0427. The molecule has 0 unspecified atom stereocenters. The van der Waals surface area contributed by atoms with Gasteiger partial charge in [0.2, 0.25) is 0 Å². The SMILES string of the molecule is CCCCCCCCOC(=O)c1ccc(-c2ccc(C(=O)OCCCCCCCC)c(C(=O)OCCCCCCCC)c2O)cc1C(=O)OCCCCCCCC. The lowest BCUT2D eigenvalue weighted by atomic mass is 9.94. The fourth-order valence-electron chi connectivity index (χ4n) is 6.75. The van der Waals surface area contributed by atoms with Crippen LogP contribution in [0.3, 0.4) is 0 Å². The highest BCUT2D eigenvalue weighted by Gasteiger charge is 2.28. The lowest BCUT2D eigenvalue weighted by molar-refractivity contribution is 0.0447. The number of hydrogen-bond acceptors (Lipinski definition) is 9. The molecular weight excluding hydrogens is 721 g/mol. The van der Waals surface area contributed by atoms with Crippen molar-refractivity contribution in [2.45, 2.75) is 182 Å². The molecule has 9 heteroatoms. The number of benzene rings is 2. The van der Waals surface area contributed by atoms with Gasteiger partial charge in [0.1, 0.15) is 11.3 Å². The van der Waals surface area contributed by atoms with Crippen molar-refractivity contribution in [1.82, 2.24) is 0 Å². The first kappa shape index (κ1) is 49.3. The number of unbranched alkanes of at least 4 members (excludes halogenated alkanes) is 20. The van der Waals surface area contributed by atoms with Crippen molar-refractivity contribution in [1.29, 1.82) is 0 Å². The molecule has 0 saturated heterocycles. The zero-order chi connectivity index (χ0) is 41.5. The topological polar surface area (TPSA) is 125 Å². The predicted octanol–water partition coefficient (Wildman–Crippen LogP) is 13.1. The molecule has 9 nitrogen and oxygen atoms in total. The molecule has 0 aliphatic rings. The predicted molar refractivity (Wildman–Crippen MR) is 228 cm³/mol.